The molecule has 6 heteroatoms. The molecule has 0 fully saturated rings. The van der Waals surface area contributed by atoms with Crippen LogP contribution < -0.4 is 16.4 Å². The van der Waals surface area contributed by atoms with E-state index in [1.165, 1.54) is 11.3 Å². The molecule has 4 aromatic rings. The number of hydrogen-bond donors (Lipinski definition) is 2. The van der Waals surface area contributed by atoms with Gasteiger partial charge in [0.15, 0.2) is 0 Å². The average molecular weight is 392 g/mol. The quantitative estimate of drug-likeness (QED) is 0.548. The molecule has 3 aromatic carbocycles. The van der Waals surface area contributed by atoms with Crippen molar-refractivity contribution in [3.05, 3.63) is 77.5 Å². The first-order chi connectivity index (χ1) is 14.6. The molecular formula is C24H20N6. The van der Waals surface area contributed by atoms with Crippen molar-refractivity contribution >= 4 is 28.2 Å². The Morgan fingerprint density at radius 3 is 2.67 bits per heavy atom. The largest absolute Gasteiger partial charge is 0.383 e. The zero-order chi connectivity index (χ0) is 20.7. The van der Waals surface area contributed by atoms with Crippen molar-refractivity contribution < 1.29 is 0 Å². The second kappa shape index (κ2) is 7.05. The van der Waals surface area contributed by atoms with Gasteiger partial charge in [-0.2, -0.15) is 10.2 Å². The number of nitrogens with two attached hydrogens (primary N) is 2. The first-order valence-electron chi connectivity index (χ1n) is 9.81. The number of nitrogens with zero attached hydrogens (tertiary/aromatic N) is 4. The van der Waals surface area contributed by atoms with E-state index < -0.39 is 0 Å². The Morgan fingerprint density at radius 2 is 1.87 bits per heavy atom. The summed E-state index contributed by atoms with van der Waals surface area (Å²) in [4.78, 5) is 10.4. The predicted molar refractivity (Wildman–Crippen MR) is 120 cm³/mol. The van der Waals surface area contributed by atoms with E-state index in [0.29, 0.717) is 17.9 Å². The Morgan fingerprint density at radius 1 is 1.03 bits per heavy atom. The van der Waals surface area contributed by atoms with Gasteiger partial charge in [0.25, 0.3) is 0 Å². The molecule has 0 bridgehead atoms. The molecule has 0 amide bonds. The zero-order valence-electron chi connectivity index (χ0n) is 16.3. The van der Waals surface area contributed by atoms with Crippen LogP contribution in [0.1, 0.15) is 16.7 Å². The van der Waals surface area contributed by atoms with E-state index in [1.807, 2.05) is 30.3 Å². The second-order valence-electron chi connectivity index (χ2n) is 7.47. The fourth-order valence-electron chi connectivity index (χ4n) is 4.21. The van der Waals surface area contributed by atoms with Crippen molar-refractivity contribution in [3.8, 4) is 17.2 Å². The smallest absolute Gasteiger partial charge is 0.221 e. The molecule has 0 unspecified atom stereocenters. The summed E-state index contributed by atoms with van der Waals surface area (Å²) >= 11 is 0. The third-order valence-electron chi connectivity index (χ3n) is 5.70. The van der Waals surface area contributed by atoms with Crippen molar-refractivity contribution in [2.45, 2.75) is 13.0 Å². The van der Waals surface area contributed by atoms with Gasteiger partial charge >= 0.3 is 0 Å². The van der Waals surface area contributed by atoms with Gasteiger partial charge in [0.2, 0.25) is 5.95 Å². The molecule has 6 nitrogen and oxygen atoms in total. The lowest BCUT2D eigenvalue weighted by Crippen LogP contribution is -2.21. The first kappa shape index (κ1) is 18.0. The third kappa shape index (κ3) is 2.97. The molecule has 1 aromatic heterocycles. The van der Waals surface area contributed by atoms with E-state index >= 15 is 0 Å². The summed E-state index contributed by atoms with van der Waals surface area (Å²) in [5.74, 6) is 0.619. The molecule has 0 aliphatic carbocycles. The summed E-state index contributed by atoms with van der Waals surface area (Å²) in [5.41, 5.74) is 18.0. The van der Waals surface area contributed by atoms with Crippen LogP contribution >= 0.6 is 0 Å². The van der Waals surface area contributed by atoms with Crippen LogP contribution in [-0.2, 0) is 13.0 Å². The van der Waals surface area contributed by atoms with Crippen molar-refractivity contribution in [1.29, 1.82) is 5.26 Å². The predicted octanol–water partition coefficient (Wildman–Crippen LogP) is 3.90. The Hall–Kier alpha value is -4.11. The lowest BCUT2D eigenvalue weighted by molar-refractivity contribution is 0.830. The minimum absolute atomic E-state index is 0.192. The van der Waals surface area contributed by atoms with Crippen molar-refractivity contribution in [1.82, 2.24) is 9.97 Å². The van der Waals surface area contributed by atoms with E-state index in [0.717, 1.165) is 40.4 Å². The molecule has 5 rings (SSSR count). The fourth-order valence-corrected chi connectivity index (χ4v) is 4.21. The van der Waals surface area contributed by atoms with Crippen molar-refractivity contribution in [2.24, 2.45) is 0 Å². The zero-order valence-corrected chi connectivity index (χ0v) is 16.3. The standard InChI is InChI=1S/C24H20N6/c25-12-17-5-7-20(21-4-2-1-3-19(17)21)15-6-8-22-16(11-15)9-10-30(22)14-18-13-28-24(27)29-23(18)26/h1-8,11,13H,9-10,14H2,(H4,26,27,28,29). The third-order valence-corrected chi connectivity index (χ3v) is 5.70. The molecule has 0 spiro atoms. The summed E-state index contributed by atoms with van der Waals surface area (Å²) in [6.45, 7) is 1.56. The maximum absolute atomic E-state index is 9.43. The van der Waals surface area contributed by atoms with Crippen LogP contribution in [0.5, 0.6) is 0 Å². The number of fused-ring (bicyclic) bond motifs is 2. The van der Waals surface area contributed by atoms with Crippen LogP contribution in [0.3, 0.4) is 0 Å². The Labute approximate surface area is 174 Å². The number of aromatic nitrogens is 2. The van der Waals surface area contributed by atoms with Crippen LogP contribution in [0.15, 0.2) is 60.8 Å². The number of hydrogen-bond acceptors (Lipinski definition) is 6. The number of rotatable bonds is 3. The van der Waals surface area contributed by atoms with Crippen LogP contribution in [-0.4, -0.2) is 16.5 Å². The molecule has 146 valence electrons. The fraction of sp³-hybridized carbons (Fsp3) is 0.125. The molecule has 30 heavy (non-hydrogen) atoms. The highest BCUT2D eigenvalue weighted by molar-refractivity contribution is 6.00. The van der Waals surface area contributed by atoms with Gasteiger partial charge in [-0.1, -0.05) is 36.4 Å². The van der Waals surface area contributed by atoms with E-state index in [-0.39, 0.29) is 5.95 Å². The van der Waals surface area contributed by atoms with Gasteiger partial charge in [-0.05, 0) is 46.7 Å². The average Bonchev–Trinajstić information content (AvgIpc) is 3.17. The Kier molecular flexibility index (Phi) is 4.22. The SMILES string of the molecule is N#Cc1ccc(-c2ccc3c(c2)CCN3Cc2cnc(N)nc2N)c2ccccc12. The molecule has 2 heterocycles. The molecule has 4 N–H and O–H groups in total. The van der Waals surface area contributed by atoms with E-state index in [4.69, 9.17) is 11.5 Å². The highest BCUT2D eigenvalue weighted by atomic mass is 15.2. The lowest BCUT2D eigenvalue weighted by Gasteiger charge is -2.20. The van der Waals surface area contributed by atoms with Gasteiger partial charge in [-0.15, -0.1) is 0 Å². The van der Waals surface area contributed by atoms with Gasteiger partial charge in [0.1, 0.15) is 5.82 Å². The summed E-state index contributed by atoms with van der Waals surface area (Å²) in [6.07, 6.45) is 2.67. The number of nitrogen functional groups attached to an aromatic ring is 2. The molecule has 0 radical (unpaired) electrons. The van der Waals surface area contributed by atoms with E-state index in [1.54, 1.807) is 6.20 Å². The molecule has 0 atom stereocenters. The van der Waals surface area contributed by atoms with Gasteiger partial charge in [0.05, 0.1) is 11.6 Å². The highest BCUT2D eigenvalue weighted by Gasteiger charge is 2.21. The van der Waals surface area contributed by atoms with Crippen LogP contribution in [0.25, 0.3) is 21.9 Å². The summed E-state index contributed by atoms with van der Waals surface area (Å²) < 4.78 is 0. The Bertz CT molecular complexity index is 1320. The van der Waals surface area contributed by atoms with Crippen molar-refractivity contribution in [3.63, 3.8) is 0 Å². The molecule has 1 aliphatic rings. The second-order valence-corrected chi connectivity index (χ2v) is 7.47. The minimum Gasteiger partial charge on any atom is -0.383 e. The van der Waals surface area contributed by atoms with Crippen molar-refractivity contribution in [2.75, 3.05) is 22.9 Å². The first-order valence-corrected chi connectivity index (χ1v) is 9.81. The molecular weight excluding hydrogens is 372 g/mol. The highest BCUT2D eigenvalue weighted by Crippen LogP contribution is 2.36. The van der Waals surface area contributed by atoms with Gasteiger partial charge < -0.3 is 16.4 Å². The van der Waals surface area contributed by atoms with E-state index in [2.05, 4.69) is 45.2 Å². The molecule has 0 saturated heterocycles. The van der Waals surface area contributed by atoms with Gasteiger partial charge in [-0.3, -0.25) is 0 Å². The summed E-state index contributed by atoms with van der Waals surface area (Å²) in [6, 6.07) is 20.9. The lowest BCUT2D eigenvalue weighted by atomic mass is 9.94. The minimum atomic E-state index is 0.192. The van der Waals surface area contributed by atoms with Crippen LogP contribution in [0.4, 0.5) is 17.5 Å². The molecule has 0 saturated carbocycles. The van der Waals surface area contributed by atoms with E-state index in [9.17, 15) is 5.26 Å². The number of anilines is 3. The summed E-state index contributed by atoms with van der Waals surface area (Å²) in [5, 5.41) is 11.5. The monoisotopic (exact) mass is 392 g/mol. The topological polar surface area (TPSA) is 105 Å². The van der Waals surface area contributed by atoms with Crippen LogP contribution in [0.2, 0.25) is 0 Å². The van der Waals surface area contributed by atoms with Gasteiger partial charge in [0, 0.05) is 35.9 Å². The summed E-state index contributed by atoms with van der Waals surface area (Å²) in [7, 11) is 0. The Balaban J connectivity index is 1.51. The maximum Gasteiger partial charge on any atom is 0.221 e. The number of nitriles is 1. The van der Waals surface area contributed by atoms with Crippen LogP contribution in [0, 0.1) is 11.3 Å². The molecule has 1 aliphatic heterocycles. The van der Waals surface area contributed by atoms with Gasteiger partial charge in [-0.25, -0.2) is 4.98 Å². The maximum atomic E-state index is 9.43. The normalized spacial score (nSPS) is 12.7. The number of benzene rings is 3.